The number of benzene rings is 2. The van der Waals surface area contributed by atoms with Gasteiger partial charge in [-0.05, 0) is 74.9 Å². The Morgan fingerprint density at radius 2 is 1.71 bits per heavy atom. The van der Waals surface area contributed by atoms with Crippen molar-refractivity contribution in [3.8, 4) is 0 Å². The van der Waals surface area contributed by atoms with Gasteiger partial charge in [0.2, 0.25) is 0 Å². The Morgan fingerprint density at radius 1 is 1.03 bits per heavy atom. The highest BCUT2D eigenvalue weighted by atomic mass is 35.5. The average molecular weight is 452 g/mol. The summed E-state index contributed by atoms with van der Waals surface area (Å²) in [6, 6.07) is 6.70. The molecule has 7 heteroatoms. The molecule has 3 nitrogen and oxygen atoms in total. The van der Waals surface area contributed by atoms with Crippen molar-refractivity contribution in [3.05, 3.63) is 75.6 Å². The number of amides is 1. The van der Waals surface area contributed by atoms with Gasteiger partial charge in [0.1, 0.15) is 23.1 Å². The monoisotopic (exact) mass is 451 g/mol. The molecule has 0 radical (unpaired) electrons. The lowest BCUT2D eigenvalue weighted by atomic mass is 9.95. The predicted molar refractivity (Wildman–Crippen MR) is 116 cm³/mol. The smallest absolute Gasteiger partial charge is 0.410 e. The summed E-state index contributed by atoms with van der Waals surface area (Å²) in [5.74, 6) is -1.77. The van der Waals surface area contributed by atoms with Gasteiger partial charge in [-0.3, -0.25) is 0 Å². The standard InChI is InChI=1S/C24H25ClF3NO2/c1-24(2,3)31-23(30)29-10-8-15(9-11-29)19-12-17(21(27)14-22(19)28)5-4-16-6-7-18(25)13-20(16)26/h6-8,12-14H,4-5,9-11H2,1-3H3. The lowest BCUT2D eigenvalue weighted by molar-refractivity contribution is 0.0270. The van der Waals surface area contributed by atoms with Crippen molar-refractivity contribution < 1.29 is 22.7 Å². The Labute approximate surface area is 185 Å². The van der Waals surface area contributed by atoms with E-state index in [-0.39, 0.29) is 19.4 Å². The maximum absolute atomic E-state index is 14.5. The predicted octanol–water partition coefficient (Wildman–Crippen LogP) is 6.57. The first-order valence-corrected chi connectivity index (χ1v) is 10.5. The number of hydrogen-bond acceptors (Lipinski definition) is 2. The van der Waals surface area contributed by atoms with Crippen LogP contribution in [0.5, 0.6) is 0 Å². The fraction of sp³-hybridized carbons (Fsp3) is 0.375. The third-order valence-corrected chi connectivity index (χ3v) is 5.26. The van der Waals surface area contributed by atoms with Crippen LogP contribution in [0.3, 0.4) is 0 Å². The van der Waals surface area contributed by atoms with Crippen LogP contribution in [-0.2, 0) is 17.6 Å². The Kier molecular flexibility index (Phi) is 6.99. The van der Waals surface area contributed by atoms with E-state index in [2.05, 4.69) is 0 Å². The van der Waals surface area contributed by atoms with Gasteiger partial charge in [0.05, 0.1) is 0 Å². The van der Waals surface area contributed by atoms with E-state index in [4.69, 9.17) is 16.3 Å². The minimum Gasteiger partial charge on any atom is -0.444 e. The molecule has 0 bridgehead atoms. The van der Waals surface area contributed by atoms with Crippen molar-refractivity contribution in [1.82, 2.24) is 4.90 Å². The topological polar surface area (TPSA) is 29.5 Å². The molecule has 1 aliphatic rings. The van der Waals surface area contributed by atoms with E-state index in [1.165, 1.54) is 12.1 Å². The van der Waals surface area contributed by atoms with Gasteiger partial charge in [0.15, 0.2) is 0 Å². The van der Waals surface area contributed by atoms with E-state index in [0.717, 1.165) is 6.07 Å². The molecule has 0 saturated carbocycles. The zero-order valence-corrected chi connectivity index (χ0v) is 18.5. The van der Waals surface area contributed by atoms with Gasteiger partial charge in [-0.25, -0.2) is 18.0 Å². The summed E-state index contributed by atoms with van der Waals surface area (Å²) in [5, 5.41) is 0.293. The summed E-state index contributed by atoms with van der Waals surface area (Å²) in [5.41, 5.74) is 1.14. The highest BCUT2D eigenvalue weighted by Gasteiger charge is 2.25. The zero-order valence-electron chi connectivity index (χ0n) is 17.8. The molecule has 0 aliphatic carbocycles. The van der Waals surface area contributed by atoms with Crippen molar-refractivity contribution in [2.24, 2.45) is 0 Å². The first kappa shape index (κ1) is 23.2. The lowest BCUT2D eigenvalue weighted by Gasteiger charge is -2.29. The summed E-state index contributed by atoms with van der Waals surface area (Å²) >= 11 is 5.76. The van der Waals surface area contributed by atoms with E-state index in [1.54, 1.807) is 43.9 Å². The van der Waals surface area contributed by atoms with Crippen LogP contribution in [-0.4, -0.2) is 29.7 Å². The van der Waals surface area contributed by atoms with Gasteiger partial charge in [0, 0.05) is 29.7 Å². The minimum absolute atomic E-state index is 0.217. The number of rotatable bonds is 4. The van der Waals surface area contributed by atoms with Crippen LogP contribution in [0.2, 0.25) is 5.02 Å². The Balaban J connectivity index is 1.74. The fourth-order valence-electron chi connectivity index (χ4n) is 3.43. The number of carbonyl (C=O) groups is 1. The Hall–Kier alpha value is -2.47. The Bertz CT molecular complexity index is 1010. The average Bonchev–Trinajstić information content (AvgIpc) is 2.67. The van der Waals surface area contributed by atoms with Crippen LogP contribution < -0.4 is 0 Å². The SMILES string of the molecule is CC(C)(C)OC(=O)N1CC=C(c2cc(CCc3ccc(Cl)cc3F)c(F)cc2F)CC1. The second-order valence-corrected chi connectivity index (χ2v) is 9.00. The molecule has 166 valence electrons. The number of nitrogens with zero attached hydrogens (tertiary/aromatic N) is 1. The molecule has 3 rings (SSSR count). The number of ether oxygens (including phenoxy) is 1. The summed E-state index contributed by atoms with van der Waals surface area (Å²) in [4.78, 5) is 13.7. The number of aryl methyl sites for hydroxylation is 2. The van der Waals surface area contributed by atoms with Crippen molar-refractivity contribution in [2.75, 3.05) is 13.1 Å². The van der Waals surface area contributed by atoms with Crippen molar-refractivity contribution >= 4 is 23.3 Å². The molecule has 0 aromatic heterocycles. The molecular weight excluding hydrogens is 427 g/mol. The van der Waals surface area contributed by atoms with Gasteiger partial charge in [-0.15, -0.1) is 0 Å². The summed E-state index contributed by atoms with van der Waals surface area (Å²) in [6.45, 7) is 6.04. The fourth-order valence-corrected chi connectivity index (χ4v) is 3.59. The minimum atomic E-state index is -0.664. The maximum atomic E-state index is 14.5. The largest absolute Gasteiger partial charge is 0.444 e. The zero-order chi connectivity index (χ0) is 22.8. The second kappa shape index (κ2) is 9.35. The molecule has 0 unspecified atom stereocenters. The number of halogens is 4. The van der Waals surface area contributed by atoms with Crippen LogP contribution in [0.25, 0.3) is 5.57 Å². The van der Waals surface area contributed by atoms with Crippen LogP contribution >= 0.6 is 11.6 Å². The van der Waals surface area contributed by atoms with Crippen molar-refractivity contribution in [3.63, 3.8) is 0 Å². The van der Waals surface area contributed by atoms with Gasteiger partial charge in [-0.2, -0.15) is 0 Å². The molecule has 2 aromatic rings. The summed E-state index contributed by atoms with van der Waals surface area (Å²) < 4.78 is 48.2. The molecule has 0 fully saturated rings. The number of hydrogen-bond donors (Lipinski definition) is 0. The summed E-state index contributed by atoms with van der Waals surface area (Å²) in [7, 11) is 0. The van der Waals surface area contributed by atoms with Crippen LogP contribution in [0.4, 0.5) is 18.0 Å². The quantitative estimate of drug-likeness (QED) is 0.526. The molecule has 0 N–H and O–H groups in total. The van der Waals surface area contributed by atoms with E-state index >= 15 is 0 Å². The Morgan fingerprint density at radius 3 is 2.32 bits per heavy atom. The van der Waals surface area contributed by atoms with E-state index in [1.807, 2.05) is 0 Å². The molecular formula is C24H25ClF3NO2. The van der Waals surface area contributed by atoms with Crippen molar-refractivity contribution in [2.45, 2.75) is 45.6 Å². The normalized spacial score (nSPS) is 14.4. The number of carbonyl (C=O) groups excluding carboxylic acids is 1. The highest BCUT2D eigenvalue weighted by Crippen LogP contribution is 2.28. The van der Waals surface area contributed by atoms with Gasteiger partial charge < -0.3 is 9.64 Å². The van der Waals surface area contributed by atoms with Crippen LogP contribution in [0.1, 0.15) is 43.9 Å². The van der Waals surface area contributed by atoms with Gasteiger partial charge in [-0.1, -0.05) is 23.7 Å². The van der Waals surface area contributed by atoms with E-state index in [0.29, 0.717) is 40.3 Å². The molecule has 1 aliphatic heterocycles. The van der Waals surface area contributed by atoms with Crippen molar-refractivity contribution in [1.29, 1.82) is 0 Å². The lowest BCUT2D eigenvalue weighted by Crippen LogP contribution is -2.39. The van der Waals surface area contributed by atoms with Crippen LogP contribution in [0.15, 0.2) is 36.4 Å². The first-order valence-electron chi connectivity index (χ1n) is 10.1. The molecule has 0 spiro atoms. The third kappa shape index (κ3) is 6.03. The second-order valence-electron chi connectivity index (χ2n) is 8.56. The molecule has 2 aromatic carbocycles. The summed E-state index contributed by atoms with van der Waals surface area (Å²) in [6.07, 6.45) is 2.23. The highest BCUT2D eigenvalue weighted by molar-refractivity contribution is 6.30. The molecule has 1 amide bonds. The molecule has 0 saturated heterocycles. The molecule has 1 heterocycles. The maximum Gasteiger partial charge on any atom is 0.410 e. The van der Waals surface area contributed by atoms with Gasteiger partial charge in [0.25, 0.3) is 0 Å². The molecule has 0 atom stereocenters. The molecule has 31 heavy (non-hydrogen) atoms. The van der Waals surface area contributed by atoms with E-state index in [9.17, 15) is 18.0 Å². The third-order valence-electron chi connectivity index (χ3n) is 5.02. The van der Waals surface area contributed by atoms with Gasteiger partial charge >= 0.3 is 6.09 Å². The van der Waals surface area contributed by atoms with Crippen LogP contribution in [0, 0.1) is 17.5 Å². The van der Waals surface area contributed by atoms with E-state index < -0.39 is 29.1 Å². The first-order chi connectivity index (χ1) is 14.5.